The van der Waals surface area contributed by atoms with Crippen LogP contribution in [0.25, 0.3) is 0 Å². The number of hydrogen-bond acceptors (Lipinski definition) is 4. The minimum atomic E-state index is -0.491. The Hall–Kier alpha value is -3.02. The number of hydrogen-bond donors (Lipinski definition) is 1. The second kappa shape index (κ2) is 7.91. The molecule has 0 bridgehead atoms. The highest BCUT2D eigenvalue weighted by molar-refractivity contribution is 6.02. The highest BCUT2D eigenvalue weighted by Gasteiger charge is 2.47. The van der Waals surface area contributed by atoms with E-state index in [0.29, 0.717) is 23.6 Å². The molecular formula is C25H28N2O4. The Morgan fingerprint density at radius 3 is 2.48 bits per heavy atom. The van der Waals surface area contributed by atoms with Gasteiger partial charge >= 0.3 is 0 Å². The fourth-order valence-electron chi connectivity index (χ4n) is 5.49. The number of nitrogens with zero attached hydrogens (tertiary/aromatic N) is 1. The van der Waals surface area contributed by atoms with E-state index in [0.717, 1.165) is 43.2 Å². The normalized spacial score (nSPS) is 22.4. The van der Waals surface area contributed by atoms with Gasteiger partial charge in [-0.2, -0.15) is 0 Å². The first-order valence-electron chi connectivity index (χ1n) is 11.1. The fourth-order valence-corrected chi connectivity index (χ4v) is 5.49. The summed E-state index contributed by atoms with van der Waals surface area (Å²) < 4.78 is 11.0. The Balaban J connectivity index is 1.66. The maximum Gasteiger partial charge on any atom is 0.254 e. The van der Waals surface area contributed by atoms with Gasteiger partial charge in [0.1, 0.15) is 0 Å². The molecule has 0 radical (unpaired) electrons. The molecule has 0 spiro atoms. The van der Waals surface area contributed by atoms with E-state index in [1.807, 2.05) is 23.1 Å². The zero-order chi connectivity index (χ0) is 21.5. The van der Waals surface area contributed by atoms with Crippen LogP contribution in [0.5, 0.6) is 11.5 Å². The lowest BCUT2D eigenvalue weighted by atomic mass is 9.75. The zero-order valence-electron chi connectivity index (χ0n) is 18.0. The van der Waals surface area contributed by atoms with Crippen LogP contribution >= 0.6 is 0 Å². The van der Waals surface area contributed by atoms with Crippen LogP contribution in [-0.2, 0) is 11.2 Å². The summed E-state index contributed by atoms with van der Waals surface area (Å²) in [6.07, 6.45) is 5.11. The third-order valence-electron chi connectivity index (χ3n) is 7.01. The van der Waals surface area contributed by atoms with Crippen molar-refractivity contribution in [2.24, 2.45) is 0 Å². The maximum absolute atomic E-state index is 13.7. The summed E-state index contributed by atoms with van der Waals surface area (Å²) in [4.78, 5) is 29.1. The lowest BCUT2D eigenvalue weighted by Gasteiger charge is -2.45. The third-order valence-corrected chi connectivity index (χ3v) is 7.01. The first-order valence-corrected chi connectivity index (χ1v) is 11.1. The zero-order valence-corrected chi connectivity index (χ0v) is 18.0. The molecule has 1 N–H and O–H groups in total. The van der Waals surface area contributed by atoms with Gasteiger partial charge in [0.15, 0.2) is 11.5 Å². The molecular weight excluding hydrogens is 392 g/mol. The highest BCUT2D eigenvalue weighted by Crippen LogP contribution is 2.48. The number of nitrogens with one attached hydrogen (secondary N) is 1. The van der Waals surface area contributed by atoms with Gasteiger partial charge < -0.3 is 19.7 Å². The summed E-state index contributed by atoms with van der Waals surface area (Å²) in [6.45, 7) is 0.599. The quantitative estimate of drug-likeness (QED) is 0.821. The molecule has 2 amide bonds. The van der Waals surface area contributed by atoms with Crippen molar-refractivity contribution in [2.75, 3.05) is 20.8 Å². The molecule has 1 saturated carbocycles. The predicted octanol–water partition coefficient (Wildman–Crippen LogP) is 3.60. The molecule has 0 saturated heterocycles. The standard InChI is InChI=1S/C25H28N2O4/c1-30-20-13-18-19(14-21(20)31-2)25(29)27-12-11-15-7-3-6-10-17(15)23(27)22(18)24(28)26-16-8-4-5-9-16/h3,6-7,10,13-14,16,22-23H,4-5,8-9,11-12H2,1-2H3,(H,26,28)/t22-,23+/m1/s1. The van der Waals surface area contributed by atoms with Gasteiger partial charge in [-0.05, 0) is 48.1 Å². The first-order chi connectivity index (χ1) is 15.1. The van der Waals surface area contributed by atoms with Crippen molar-refractivity contribution in [3.63, 3.8) is 0 Å². The van der Waals surface area contributed by atoms with Crippen molar-refractivity contribution < 1.29 is 19.1 Å². The Kier molecular flexibility index (Phi) is 5.08. The monoisotopic (exact) mass is 420 g/mol. The van der Waals surface area contributed by atoms with Crippen LogP contribution in [0.3, 0.4) is 0 Å². The van der Waals surface area contributed by atoms with Crippen LogP contribution in [0.4, 0.5) is 0 Å². The van der Waals surface area contributed by atoms with Crippen molar-refractivity contribution in [2.45, 2.75) is 50.1 Å². The van der Waals surface area contributed by atoms with Crippen LogP contribution in [0, 0.1) is 0 Å². The molecule has 1 fully saturated rings. The van der Waals surface area contributed by atoms with Gasteiger partial charge in [0.25, 0.3) is 5.91 Å². The van der Waals surface area contributed by atoms with Crippen molar-refractivity contribution in [3.8, 4) is 11.5 Å². The number of methoxy groups -OCH3 is 2. The highest BCUT2D eigenvalue weighted by atomic mass is 16.5. The fraction of sp³-hybridized carbons (Fsp3) is 0.440. The van der Waals surface area contributed by atoms with Gasteiger partial charge in [0, 0.05) is 18.2 Å². The van der Waals surface area contributed by atoms with Crippen molar-refractivity contribution in [1.82, 2.24) is 10.2 Å². The summed E-state index contributed by atoms with van der Waals surface area (Å²) in [5, 5.41) is 3.29. The van der Waals surface area contributed by atoms with E-state index < -0.39 is 5.92 Å². The molecule has 0 aromatic heterocycles. The Bertz CT molecular complexity index is 1030. The first kappa shape index (κ1) is 19.9. The van der Waals surface area contributed by atoms with E-state index in [2.05, 4.69) is 17.4 Å². The van der Waals surface area contributed by atoms with Gasteiger partial charge in [-0.1, -0.05) is 37.1 Å². The van der Waals surface area contributed by atoms with Crippen LogP contribution in [-0.4, -0.2) is 43.5 Å². The number of carbonyl (C=O) groups excluding carboxylic acids is 2. The Labute approximate surface area is 182 Å². The lowest BCUT2D eigenvalue weighted by Crippen LogP contribution is -2.51. The molecule has 3 aliphatic rings. The molecule has 2 aromatic carbocycles. The van der Waals surface area contributed by atoms with Gasteiger partial charge in [-0.3, -0.25) is 9.59 Å². The Morgan fingerprint density at radius 2 is 1.74 bits per heavy atom. The number of benzene rings is 2. The topological polar surface area (TPSA) is 67.9 Å². The van der Waals surface area contributed by atoms with E-state index in [4.69, 9.17) is 9.47 Å². The van der Waals surface area contributed by atoms with Gasteiger partial charge in [0.2, 0.25) is 5.91 Å². The van der Waals surface area contributed by atoms with Crippen LogP contribution in [0.2, 0.25) is 0 Å². The van der Waals surface area contributed by atoms with E-state index in [1.54, 1.807) is 20.3 Å². The van der Waals surface area contributed by atoms with Crippen LogP contribution in [0.15, 0.2) is 36.4 Å². The second-order valence-electron chi connectivity index (χ2n) is 8.65. The predicted molar refractivity (Wildman–Crippen MR) is 117 cm³/mol. The molecule has 6 heteroatoms. The van der Waals surface area contributed by atoms with Crippen LogP contribution in [0.1, 0.15) is 64.7 Å². The van der Waals surface area contributed by atoms with Gasteiger partial charge in [-0.25, -0.2) is 0 Å². The molecule has 2 heterocycles. The van der Waals surface area contributed by atoms with Gasteiger partial charge in [0.05, 0.1) is 26.2 Å². The molecule has 2 aliphatic heterocycles. The third kappa shape index (κ3) is 3.25. The van der Waals surface area contributed by atoms with Gasteiger partial charge in [-0.15, -0.1) is 0 Å². The average molecular weight is 421 g/mol. The molecule has 5 rings (SSSR count). The molecule has 6 nitrogen and oxygen atoms in total. The van der Waals surface area contributed by atoms with E-state index in [1.165, 1.54) is 5.56 Å². The van der Waals surface area contributed by atoms with Crippen molar-refractivity contribution in [1.29, 1.82) is 0 Å². The number of fused-ring (bicyclic) bond motifs is 4. The maximum atomic E-state index is 13.7. The van der Waals surface area contributed by atoms with E-state index in [9.17, 15) is 9.59 Å². The summed E-state index contributed by atoms with van der Waals surface area (Å²) in [5.74, 6) is 0.472. The molecule has 2 atom stereocenters. The number of amides is 2. The second-order valence-corrected chi connectivity index (χ2v) is 8.65. The van der Waals surface area contributed by atoms with Crippen molar-refractivity contribution >= 4 is 11.8 Å². The van der Waals surface area contributed by atoms with E-state index >= 15 is 0 Å². The molecule has 31 heavy (non-hydrogen) atoms. The molecule has 0 unspecified atom stereocenters. The smallest absolute Gasteiger partial charge is 0.254 e. The van der Waals surface area contributed by atoms with Crippen LogP contribution < -0.4 is 14.8 Å². The number of ether oxygens (including phenoxy) is 2. The molecule has 1 aliphatic carbocycles. The lowest BCUT2D eigenvalue weighted by molar-refractivity contribution is -0.125. The summed E-state index contributed by atoms with van der Waals surface area (Å²) in [5.41, 5.74) is 3.52. The average Bonchev–Trinajstić information content (AvgIpc) is 3.31. The number of carbonyl (C=O) groups is 2. The Morgan fingerprint density at radius 1 is 1.03 bits per heavy atom. The molecule has 162 valence electrons. The molecule has 2 aromatic rings. The number of rotatable bonds is 4. The van der Waals surface area contributed by atoms with E-state index in [-0.39, 0.29) is 23.9 Å². The summed E-state index contributed by atoms with van der Waals surface area (Å²) in [7, 11) is 3.13. The summed E-state index contributed by atoms with van der Waals surface area (Å²) >= 11 is 0. The minimum Gasteiger partial charge on any atom is -0.493 e. The van der Waals surface area contributed by atoms with Crippen molar-refractivity contribution in [3.05, 3.63) is 58.7 Å². The SMILES string of the molecule is COc1cc2c(cc1OC)[C@@H](C(=O)NC1CCCC1)[C@@H]1c3ccccc3CCN1C2=O. The minimum absolute atomic E-state index is 0.0143. The largest absolute Gasteiger partial charge is 0.493 e. The summed E-state index contributed by atoms with van der Waals surface area (Å²) in [6, 6.07) is 11.6.